The van der Waals surface area contributed by atoms with Gasteiger partial charge in [0.1, 0.15) is 12.1 Å². The molecular formula is C11H10N4O. The second-order valence-corrected chi connectivity index (χ2v) is 3.09. The normalized spacial score (nSPS) is 9.50. The highest BCUT2D eigenvalue weighted by Gasteiger charge is 1.91. The Morgan fingerprint density at radius 1 is 1.00 bits per heavy atom. The van der Waals surface area contributed by atoms with E-state index < -0.39 is 0 Å². The van der Waals surface area contributed by atoms with Crippen molar-refractivity contribution >= 4 is 10.8 Å². The zero-order valence-corrected chi connectivity index (χ0v) is 8.41. The maximum Gasteiger partial charge on any atom is 0.135 e. The van der Waals surface area contributed by atoms with E-state index in [1.54, 1.807) is 12.1 Å². The number of aromatic nitrogens is 4. The lowest BCUT2D eigenvalue weighted by molar-refractivity contribution is 0.476. The number of H-pyrrole nitrogens is 1. The van der Waals surface area contributed by atoms with E-state index in [2.05, 4.69) is 20.6 Å². The van der Waals surface area contributed by atoms with E-state index >= 15 is 0 Å². The fourth-order valence-electron chi connectivity index (χ4n) is 1.31. The standard InChI is InChI=1S/C10H8O.CH2N4/c11-10-6-5-8-3-1-2-4-9(8)7-10;1-2-4-5-3-1/h1-7,11H;1H,(H,2,3,4,5). The molecule has 0 atom stereocenters. The van der Waals surface area contributed by atoms with Crippen molar-refractivity contribution in [2.45, 2.75) is 0 Å². The first-order valence-electron chi connectivity index (χ1n) is 4.71. The number of nitrogens with one attached hydrogen (secondary N) is 1. The van der Waals surface area contributed by atoms with Crippen LogP contribution in [0.3, 0.4) is 0 Å². The van der Waals surface area contributed by atoms with E-state index in [-0.39, 0.29) is 0 Å². The van der Waals surface area contributed by atoms with Crippen molar-refractivity contribution in [3.63, 3.8) is 0 Å². The molecule has 3 rings (SSSR count). The van der Waals surface area contributed by atoms with Crippen molar-refractivity contribution < 1.29 is 5.11 Å². The van der Waals surface area contributed by atoms with Gasteiger partial charge in [0.25, 0.3) is 0 Å². The maximum atomic E-state index is 9.13. The summed E-state index contributed by atoms with van der Waals surface area (Å²) in [5.41, 5.74) is 0. The summed E-state index contributed by atoms with van der Waals surface area (Å²) in [7, 11) is 0. The van der Waals surface area contributed by atoms with Gasteiger partial charge in [0.2, 0.25) is 0 Å². The molecule has 2 aromatic carbocycles. The molecule has 0 bridgehead atoms. The van der Waals surface area contributed by atoms with Gasteiger partial charge in [-0.05, 0) is 33.3 Å². The molecule has 0 aliphatic heterocycles. The molecule has 5 nitrogen and oxygen atoms in total. The van der Waals surface area contributed by atoms with Crippen LogP contribution in [0.5, 0.6) is 5.75 Å². The van der Waals surface area contributed by atoms with E-state index in [4.69, 9.17) is 5.11 Å². The van der Waals surface area contributed by atoms with Gasteiger partial charge in [0, 0.05) is 0 Å². The molecule has 0 unspecified atom stereocenters. The van der Waals surface area contributed by atoms with Gasteiger partial charge in [0.15, 0.2) is 0 Å². The number of hydrogen-bond donors (Lipinski definition) is 2. The molecule has 0 radical (unpaired) electrons. The monoisotopic (exact) mass is 214 g/mol. The number of nitrogens with zero attached hydrogens (tertiary/aromatic N) is 3. The smallest absolute Gasteiger partial charge is 0.135 e. The van der Waals surface area contributed by atoms with E-state index in [0.717, 1.165) is 10.8 Å². The molecule has 0 spiro atoms. The van der Waals surface area contributed by atoms with Crippen molar-refractivity contribution in [3.8, 4) is 5.75 Å². The van der Waals surface area contributed by atoms with E-state index in [0.29, 0.717) is 5.75 Å². The van der Waals surface area contributed by atoms with Crippen LogP contribution in [0.1, 0.15) is 0 Å². The molecule has 0 aliphatic carbocycles. The quantitative estimate of drug-likeness (QED) is 0.597. The number of benzene rings is 2. The summed E-state index contributed by atoms with van der Waals surface area (Å²) in [5.74, 6) is 0.323. The number of aromatic amines is 1. The van der Waals surface area contributed by atoms with E-state index in [9.17, 15) is 0 Å². The molecule has 1 heterocycles. The summed E-state index contributed by atoms with van der Waals surface area (Å²) >= 11 is 0. The van der Waals surface area contributed by atoms with Gasteiger partial charge >= 0.3 is 0 Å². The average molecular weight is 214 g/mol. The van der Waals surface area contributed by atoms with Gasteiger partial charge in [-0.3, -0.25) is 0 Å². The summed E-state index contributed by atoms with van der Waals surface area (Å²) in [6.07, 6.45) is 1.40. The molecule has 0 fully saturated rings. The molecule has 16 heavy (non-hydrogen) atoms. The highest BCUT2D eigenvalue weighted by Crippen LogP contribution is 2.18. The van der Waals surface area contributed by atoms with Crippen molar-refractivity contribution in [1.29, 1.82) is 0 Å². The van der Waals surface area contributed by atoms with Crippen LogP contribution in [0.4, 0.5) is 0 Å². The average Bonchev–Trinajstić information content (AvgIpc) is 2.87. The van der Waals surface area contributed by atoms with Crippen molar-refractivity contribution in [1.82, 2.24) is 20.6 Å². The first kappa shape index (κ1) is 10.1. The second-order valence-electron chi connectivity index (χ2n) is 3.09. The summed E-state index contributed by atoms with van der Waals surface area (Å²) < 4.78 is 0. The van der Waals surface area contributed by atoms with Gasteiger partial charge in [-0.2, -0.15) is 0 Å². The Morgan fingerprint density at radius 2 is 1.81 bits per heavy atom. The maximum absolute atomic E-state index is 9.13. The molecule has 5 heteroatoms. The van der Waals surface area contributed by atoms with Crippen LogP contribution in [0.15, 0.2) is 48.8 Å². The second kappa shape index (κ2) is 4.88. The molecule has 0 aliphatic rings. The molecule has 0 saturated carbocycles. The lowest BCUT2D eigenvalue weighted by Gasteiger charge is -1.96. The van der Waals surface area contributed by atoms with Crippen LogP contribution in [-0.4, -0.2) is 25.7 Å². The SMILES string of the molecule is Oc1ccc2ccccc2c1.c1nnn[nH]1. The van der Waals surface area contributed by atoms with Crippen molar-refractivity contribution in [2.24, 2.45) is 0 Å². The van der Waals surface area contributed by atoms with Gasteiger partial charge in [-0.1, -0.05) is 30.3 Å². The molecular weight excluding hydrogens is 204 g/mol. The lowest BCUT2D eigenvalue weighted by Crippen LogP contribution is -1.69. The largest absolute Gasteiger partial charge is 0.508 e. The predicted molar refractivity (Wildman–Crippen MR) is 59.8 cm³/mol. The minimum Gasteiger partial charge on any atom is -0.508 e. The Labute approximate surface area is 91.7 Å². The zero-order chi connectivity index (χ0) is 11.2. The third-order valence-electron chi connectivity index (χ3n) is 2.00. The van der Waals surface area contributed by atoms with Gasteiger partial charge < -0.3 is 5.11 Å². The number of aromatic hydroxyl groups is 1. The number of hydrogen-bond acceptors (Lipinski definition) is 4. The highest BCUT2D eigenvalue weighted by molar-refractivity contribution is 5.83. The fraction of sp³-hybridized carbons (Fsp3) is 0. The minimum absolute atomic E-state index is 0.323. The summed E-state index contributed by atoms with van der Waals surface area (Å²) in [6.45, 7) is 0. The van der Waals surface area contributed by atoms with Crippen LogP contribution in [-0.2, 0) is 0 Å². The topological polar surface area (TPSA) is 74.7 Å². The molecule has 0 saturated heterocycles. The van der Waals surface area contributed by atoms with Crippen molar-refractivity contribution in [3.05, 3.63) is 48.8 Å². The Balaban J connectivity index is 0.000000162. The zero-order valence-electron chi connectivity index (χ0n) is 8.41. The number of fused-ring (bicyclic) bond motifs is 1. The van der Waals surface area contributed by atoms with Crippen LogP contribution < -0.4 is 0 Å². The third kappa shape index (κ3) is 2.54. The third-order valence-corrected chi connectivity index (χ3v) is 2.00. The van der Waals surface area contributed by atoms with Gasteiger partial charge in [-0.25, -0.2) is 5.10 Å². The lowest BCUT2D eigenvalue weighted by atomic mass is 10.1. The Kier molecular flexibility index (Phi) is 3.08. The van der Waals surface area contributed by atoms with Gasteiger partial charge in [0.05, 0.1) is 0 Å². The molecule has 2 N–H and O–H groups in total. The predicted octanol–water partition coefficient (Wildman–Crippen LogP) is 1.75. The van der Waals surface area contributed by atoms with Crippen LogP contribution in [0.25, 0.3) is 10.8 Å². The van der Waals surface area contributed by atoms with Crippen LogP contribution >= 0.6 is 0 Å². The van der Waals surface area contributed by atoms with E-state index in [1.807, 2.05) is 30.3 Å². The Bertz CT molecular complexity index is 533. The number of phenolic OH excluding ortho intramolecular Hbond substituents is 1. The first-order valence-corrected chi connectivity index (χ1v) is 4.71. The number of tetrazole rings is 1. The van der Waals surface area contributed by atoms with Crippen LogP contribution in [0.2, 0.25) is 0 Å². The number of rotatable bonds is 0. The first-order chi connectivity index (χ1) is 7.86. The number of phenols is 1. The Hall–Kier alpha value is -2.43. The van der Waals surface area contributed by atoms with Gasteiger partial charge in [-0.15, -0.1) is 5.10 Å². The summed E-state index contributed by atoms with van der Waals surface area (Å²) in [6, 6.07) is 13.3. The highest BCUT2D eigenvalue weighted by atomic mass is 16.3. The van der Waals surface area contributed by atoms with Crippen molar-refractivity contribution in [2.75, 3.05) is 0 Å². The summed E-state index contributed by atoms with van der Waals surface area (Å²) in [4.78, 5) is 0. The van der Waals surface area contributed by atoms with Crippen LogP contribution in [0, 0.1) is 0 Å². The fourth-order valence-corrected chi connectivity index (χ4v) is 1.31. The molecule has 80 valence electrons. The molecule has 1 aromatic heterocycles. The molecule has 0 amide bonds. The summed E-state index contributed by atoms with van der Waals surface area (Å²) in [5, 5.41) is 23.5. The minimum atomic E-state index is 0.323. The Morgan fingerprint density at radius 3 is 2.44 bits per heavy atom. The van der Waals surface area contributed by atoms with E-state index in [1.165, 1.54) is 6.33 Å². The molecule has 3 aromatic rings.